The molecule has 1 aromatic rings. The minimum atomic E-state index is -0.857. The van der Waals surface area contributed by atoms with Gasteiger partial charge in [-0.1, -0.05) is 24.3 Å². The number of benzene rings is 1. The van der Waals surface area contributed by atoms with Crippen molar-refractivity contribution in [3.63, 3.8) is 0 Å². The molecule has 0 amide bonds. The van der Waals surface area contributed by atoms with Gasteiger partial charge in [0.25, 0.3) is 0 Å². The molecule has 1 rings (SSSR count). The lowest BCUT2D eigenvalue weighted by Gasteiger charge is -2.05. The van der Waals surface area contributed by atoms with E-state index in [1.165, 1.54) is 0 Å². The van der Waals surface area contributed by atoms with Crippen molar-refractivity contribution in [3.05, 3.63) is 35.4 Å². The van der Waals surface area contributed by atoms with Gasteiger partial charge in [0.15, 0.2) is 0 Å². The lowest BCUT2D eigenvalue weighted by atomic mass is 10.1. The second-order valence-corrected chi connectivity index (χ2v) is 2.74. The Bertz CT molecular complexity index is 336. The first-order chi connectivity index (χ1) is 6.74. The molecule has 14 heavy (non-hydrogen) atoms. The van der Waals surface area contributed by atoms with Crippen LogP contribution in [-0.2, 0) is 22.7 Å². The molecule has 4 nitrogen and oxygen atoms in total. The fraction of sp³-hybridized carbons (Fsp3) is 0.200. The summed E-state index contributed by atoms with van der Waals surface area (Å²) in [6, 6.07) is 7.19. The summed E-state index contributed by atoms with van der Waals surface area (Å²) >= 11 is 0. The maximum atomic E-state index is 10.5. The van der Waals surface area contributed by atoms with E-state index >= 15 is 0 Å². The average molecular weight is 193 g/mol. The van der Waals surface area contributed by atoms with Gasteiger partial charge in [0.1, 0.15) is 6.61 Å². The van der Waals surface area contributed by atoms with Crippen molar-refractivity contribution in [2.75, 3.05) is 0 Å². The third-order valence-electron chi connectivity index (χ3n) is 1.77. The molecule has 0 unspecified atom stereocenters. The Balaban J connectivity index is 2.79. The van der Waals surface area contributed by atoms with E-state index in [0.717, 1.165) is 11.1 Å². The molecule has 0 aliphatic heterocycles. The van der Waals surface area contributed by atoms with Gasteiger partial charge in [0.05, 0.1) is 6.42 Å². The fourth-order valence-corrected chi connectivity index (χ4v) is 1.15. The summed E-state index contributed by atoms with van der Waals surface area (Å²) in [4.78, 5) is 15.3. The zero-order valence-corrected chi connectivity index (χ0v) is 7.64. The van der Waals surface area contributed by atoms with Crippen molar-refractivity contribution in [2.45, 2.75) is 13.0 Å². The number of nitrogens with zero attached hydrogens (tertiary/aromatic N) is 1. The first-order valence-electron chi connectivity index (χ1n) is 4.10. The van der Waals surface area contributed by atoms with Crippen LogP contribution in [0.2, 0.25) is 0 Å². The predicted octanol–water partition coefficient (Wildman–Crippen LogP) is 1.45. The highest BCUT2D eigenvalue weighted by Gasteiger charge is 2.05. The highest BCUT2D eigenvalue weighted by molar-refractivity contribution is 5.70. The van der Waals surface area contributed by atoms with Crippen LogP contribution in [0.4, 0.5) is 0 Å². The third kappa shape index (κ3) is 2.90. The molecular formula is C10H11NO3. The van der Waals surface area contributed by atoms with Crippen molar-refractivity contribution in [2.24, 2.45) is 5.16 Å². The summed E-state index contributed by atoms with van der Waals surface area (Å²) in [5, 5.41) is 11.9. The van der Waals surface area contributed by atoms with Crippen LogP contribution in [0, 0.1) is 0 Å². The number of rotatable bonds is 5. The van der Waals surface area contributed by atoms with Gasteiger partial charge in [-0.2, -0.15) is 0 Å². The number of aliphatic carboxylic acids is 1. The fourth-order valence-electron chi connectivity index (χ4n) is 1.15. The van der Waals surface area contributed by atoms with E-state index in [4.69, 9.17) is 9.94 Å². The molecule has 1 N–H and O–H groups in total. The van der Waals surface area contributed by atoms with E-state index in [1.807, 2.05) is 12.1 Å². The smallest absolute Gasteiger partial charge is 0.307 e. The summed E-state index contributed by atoms with van der Waals surface area (Å²) in [6.45, 7) is 3.43. The van der Waals surface area contributed by atoms with Crippen LogP contribution in [0.1, 0.15) is 11.1 Å². The van der Waals surface area contributed by atoms with E-state index in [2.05, 4.69) is 11.9 Å². The van der Waals surface area contributed by atoms with Gasteiger partial charge < -0.3 is 9.94 Å². The Morgan fingerprint density at radius 2 is 2.07 bits per heavy atom. The standard InChI is InChI=1S/C10H11NO3/c1-11-14-7-9-5-3-2-4-8(9)6-10(12)13/h2-5H,1,6-7H2,(H,12,13). The molecule has 0 fully saturated rings. The highest BCUT2D eigenvalue weighted by atomic mass is 16.6. The number of oxime groups is 1. The van der Waals surface area contributed by atoms with Crippen molar-refractivity contribution in [3.8, 4) is 0 Å². The summed E-state index contributed by atoms with van der Waals surface area (Å²) in [5.41, 5.74) is 1.56. The summed E-state index contributed by atoms with van der Waals surface area (Å²) in [5.74, 6) is -0.857. The zero-order chi connectivity index (χ0) is 10.4. The van der Waals surface area contributed by atoms with Gasteiger partial charge in [-0.3, -0.25) is 4.79 Å². The molecule has 0 saturated carbocycles. The monoisotopic (exact) mass is 193 g/mol. The Morgan fingerprint density at radius 1 is 1.43 bits per heavy atom. The van der Waals surface area contributed by atoms with Crippen LogP contribution >= 0.6 is 0 Å². The van der Waals surface area contributed by atoms with Crippen molar-refractivity contribution < 1.29 is 14.7 Å². The first-order valence-corrected chi connectivity index (χ1v) is 4.10. The third-order valence-corrected chi connectivity index (χ3v) is 1.77. The maximum Gasteiger partial charge on any atom is 0.307 e. The molecular weight excluding hydrogens is 182 g/mol. The molecule has 0 aliphatic carbocycles. The van der Waals surface area contributed by atoms with Crippen LogP contribution in [-0.4, -0.2) is 17.8 Å². The van der Waals surface area contributed by atoms with Gasteiger partial charge in [-0.15, -0.1) is 5.16 Å². The van der Waals surface area contributed by atoms with Gasteiger partial charge >= 0.3 is 5.97 Å². The molecule has 0 atom stereocenters. The Labute approximate surface area is 81.8 Å². The van der Waals surface area contributed by atoms with E-state index < -0.39 is 5.97 Å². The first kappa shape index (κ1) is 10.2. The highest BCUT2D eigenvalue weighted by Crippen LogP contribution is 2.10. The minimum absolute atomic E-state index is 0.00330. The molecule has 0 spiro atoms. The molecule has 0 bridgehead atoms. The van der Waals surface area contributed by atoms with Gasteiger partial charge in [-0.05, 0) is 11.1 Å². The summed E-state index contributed by atoms with van der Waals surface area (Å²) < 4.78 is 0. The lowest BCUT2D eigenvalue weighted by molar-refractivity contribution is -0.136. The maximum absolute atomic E-state index is 10.5. The molecule has 0 radical (unpaired) electrons. The molecule has 1 aromatic carbocycles. The zero-order valence-electron chi connectivity index (χ0n) is 7.64. The summed E-state index contributed by atoms with van der Waals surface area (Å²) in [6.07, 6.45) is -0.00330. The van der Waals surface area contributed by atoms with Crippen molar-refractivity contribution >= 4 is 12.7 Å². The number of carbonyl (C=O) groups is 1. The van der Waals surface area contributed by atoms with E-state index in [-0.39, 0.29) is 13.0 Å². The van der Waals surface area contributed by atoms with Crippen molar-refractivity contribution in [1.82, 2.24) is 0 Å². The lowest BCUT2D eigenvalue weighted by Crippen LogP contribution is -2.03. The van der Waals surface area contributed by atoms with Gasteiger partial charge in [0, 0.05) is 6.72 Å². The minimum Gasteiger partial charge on any atom is -0.481 e. The number of carboxylic acid groups (broad SMARTS) is 1. The largest absolute Gasteiger partial charge is 0.481 e. The van der Waals surface area contributed by atoms with E-state index in [9.17, 15) is 4.79 Å². The Kier molecular flexibility index (Phi) is 3.67. The normalized spacial score (nSPS) is 9.43. The van der Waals surface area contributed by atoms with Crippen LogP contribution < -0.4 is 0 Å². The van der Waals surface area contributed by atoms with Gasteiger partial charge in [0.2, 0.25) is 0 Å². The van der Waals surface area contributed by atoms with Crippen molar-refractivity contribution in [1.29, 1.82) is 0 Å². The van der Waals surface area contributed by atoms with Gasteiger partial charge in [-0.25, -0.2) is 0 Å². The molecule has 74 valence electrons. The molecule has 0 aliphatic rings. The van der Waals surface area contributed by atoms with E-state index in [1.54, 1.807) is 12.1 Å². The molecule has 0 aromatic heterocycles. The molecule has 0 heterocycles. The Hall–Kier alpha value is -1.84. The molecule has 0 saturated heterocycles. The second-order valence-electron chi connectivity index (χ2n) is 2.74. The van der Waals surface area contributed by atoms with Crippen LogP contribution in [0.25, 0.3) is 0 Å². The number of carboxylic acids is 1. The van der Waals surface area contributed by atoms with Crippen LogP contribution in [0.3, 0.4) is 0 Å². The van der Waals surface area contributed by atoms with E-state index in [0.29, 0.717) is 0 Å². The quantitative estimate of drug-likeness (QED) is 0.568. The number of hydrogen-bond acceptors (Lipinski definition) is 3. The molecule has 4 heteroatoms. The number of hydrogen-bond donors (Lipinski definition) is 1. The Morgan fingerprint density at radius 3 is 2.64 bits per heavy atom. The van der Waals surface area contributed by atoms with Crippen LogP contribution in [0.15, 0.2) is 29.4 Å². The second kappa shape index (κ2) is 5.01. The summed E-state index contributed by atoms with van der Waals surface area (Å²) in [7, 11) is 0. The topological polar surface area (TPSA) is 58.9 Å². The SMILES string of the molecule is C=NOCc1ccccc1CC(=O)O. The van der Waals surface area contributed by atoms with Crippen LogP contribution in [0.5, 0.6) is 0 Å². The average Bonchev–Trinajstić information content (AvgIpc) is 2.16. The predicted molar refractivity (Wildman–Crippen MR) is 52.1 cm³/mol.